The first-order valence-electron chi connectivity index (χ1n) is 10.5. The molecule has 12 heteroatoms. The molecule has 34 heavy (non-hydrogen) atoms. The Bertz CT molecular complexity index is 1410. The van der Waals surface area contributed by atoms with Crippen LogP contribution < -0.4 is 5.73 Å². The number of pyridine rings is 1. The Kier molecular flexibility index (Phi) is 5.10. The van der Waals surface area contributed by atoms with Gasteiger partial charge in [0.25, 0.3) is 5.91 Å². The average Bonchev–Trinajstić information content (AvgIpc) is 3.13. The summed E-state index contributed by atoms with van der Waals surface area (Å²) in [5.74, 6) is -1.16. The summed E-state index contributed by atoms with van der Waals surface area (Å²) in [6.45, 7) is -0.0889. The van der Waals surface area contributed by atoms with E-state index in [4.69, 9.17) is 5.73 Å². The van der Waals surface area contributed by atoms with Gasteiger partial charge in [-0.15, -0.1) is 5.10 Å². The average molecular weight is 473 g/mol. The molecule has 0 bridgehead atoms. The molecule has 0 saturated heterocycles. The Morgan fingerprint density at radius 2 is 1.97 bits per heavy atom. The van der Waals surface area contributed by atoms with Crippen molar-refractivity contribution in [2.75, 3.05) is 5.73 Å². The molecule has 3 heterocycles. The standard InChI is InChI=1S/C22H19F4N7O/c1-32-19-15(9-28-32)13-7-14(16(23)8-17(13)29-20(19)27)21(34)33(12-3-2-4-12)10-11-5-6-18(31-30-11)22(24,25)26/h5-9,12H,2-4,10H2,1H3,(H2,27,29). The molecule has 1 aliphatic carbocycles. The van der Waals surface area contributed by atoms with E-state index in [1.54, 1.807) is 17.9 Å². The van der Waals surface area contributed by atoms with E-state index in [0.717, 1.165) is 18.6 Å². The molecule has 5 rings (SSSR count). The molecular formula is C22H19F4N7O. The van der Waals surface area contributed by atoms with Gasteiger partial charge in [-0.2, -0.15) is 23.4 Å². The number of halogens is 4. The van der Waals surface area contributed by atoms with Crippen molar-refractivity contribution >= 4 is 33.5 Å². The van der Waals surface area contributed by atoms with E-state index < -0.39 is 23.6 Å². The van der Waals surface area contributed by atoms with Gasteiger partial charge in [0.15, 0.2) is 5.69 Å². The number of nitrogen functional groups attached to an aromatic ring is 1. The summed E-state index contributed by atoms with van der Waals surface area (Å²) < 4.78 is 55.0. The third-order valence-electron chi connectivity index (χ3n) is 6.15. The Morgan fingerprint density at radius 1 is 1.21 bits per heavy atom. The van der Waals surface area contributed by atoms with Gasteiger partial charge in [-0.1, -0.05) is 0 Å². The molecule has 8 nitrogen and oxygen atoms in total. The molecule has 1 aromatic carbocycles. The molecule has 2 N–H and O–H groups in total. The topological polar surface area (TPSA) is 103 Å². The molecule has 0 radical (unpaired) electrons. The Hall–Kier alpha value is -3.83. The van der Waals surface area contributed by atoms with Gasteiger partial charge < -0.3 is 10.6 Å². The Labute approximate surface area is 190 Å². The van der Waals surface area contributed by atoms with Crippen LogP contribution in [-0.2, 0) is 19.8 Å². The molecule has 0 spiro atoms. The lowest BCUT2D eigenvalue weighted by Gasteiger charge is -2.37. The lowest BCUT2D eigenvalue weighted by molar-refractivity contribution is -0.141. The number of nitrogens with two attached hydrogens (primary N) is 1. The van der Waals surface area contributed by atoms with E-state index in [0.29, 0.717) is 29.1 Å². The van der Waals surface area contributed by atoms with E-state index in [1.165, 1.54) is 17.0 Å². The smallest absolute Gasteiger partial charge is 0.382 e. The number of hydrogen-bond donors (Lipinski definition) is 1. The summed E-state index contributed by atoms with van der Waals surface area (Å²) in [5, 5.41) is 12.2. The number of benzene rings is 1. The predicted octanol–water partition coefficient (Wildman–Crippen LogP) is 3.85. The number of aryl methyl sites for hydroxylation is 1. The van der Waals surface area contributed by atoms with Crippen LogP contribution >= 0.6 is 0 Å². The number of amides is 1. The number of rotatable bonds is 4. The van der Waals surface area contributed by atoms with Crippen LogP contribution in [0.2, 0.25) is 0 Å². The van der Waals surface area contributed by atoms with Gasteiger partial charge >= 0.3 is 6.18 Å². The van der Waals surface area contributed by atoms with Crippen LogP contribution in [0.1, 0.15) is 41.0 Å². The first-order chi connectivity index (χ1) is 16.1. The fraction of sp³-hybridized carbons (Fsp3) is 0.318. The normalized spacial score (nSPS) is 14.5. The van der Waals surface area contributed by atoms with Gasteiger partial charge in [0.05, 0.1) is 29.5 Å². The fourth-order valence-electron chi connectivity index (χ4n) is 4.15. The quantitative estimate of drug-likeness (QED) is 0.452. The van der Waals surface area contributed by atoms with Crippen LogP contribution in [0.15, 0.2) is 30.5 Å². The maximum atomic E-state index is 15.1. The zero-order chi connectivity index (χ0) is 24.2. The highest BCUT2D eigenvalue weighted by atomic mass is 19.4. The van der Waals surface area contributed by atoms with Crippen LogP contribution in [-0.4, -0.2) is 41.8 Å². The molecule has 1 fully saturated rings. The van der Waals surface area contributed by atoms with Gasteiger partial charge in [0, 0.05) is 29.9 Å². The fourth-order valence-corrected chi connectivity index (χ4v) is 4.15. The van der Waals surface area contributed by atoms with Gasteiger partial charge in [0.2, 0.25) is 0 Å². The summed E-state index contributed by atoms with van der Waals surface area (Å²) in [7, 11) is 1.70. The van der Waals surface area contributed by atoms with Crippen molar-refractivity contribution in [2.24, 2.45) is 7.05 Å². The van der Waals surface area contributed by atoms with E-state index in [-0.39, 0.29) is 35.2 Å². The SMILES string of the molecule is Cn1ncc2c3cc(C(=O)N(Cc4ccc(C(F)(F)F)nn4)C4CCC4)c(F)cc3nc(N)c21. The van der Waals surface area contributed by atoms with Crippen molar-refractivity contribution in [3.05, 3.63) is 53.2 Å². The zero-order valence-corrected chi connectivity index (χ0v) is 18.0. The monoisotopic (exact) mass is 473 g/mol. The number of fused-ring (bicyclic) bond motifs is 3. The second-order valence-corrected chi connectivity index (χ2v) is 8.30. The molecule has 1 saturated carbocycles. The summed E-state index contributed by atoms with van der Waals surface area (Å²) in [4.78, 5) is 19.2. The van der Waals surface area contributed by atoms with Crippen molar-refractivity contribution in [1.82, 2.24) is 29.9 Å². The first kappa shape index (κ1) is 22.0. The van der Waals surface area contributed by atoms with E-state index in [9.17, 15) is 18.0 Å². The number of alkyl halides is 3. The largest absolute Gasteiger partial charge is 0.435 e. The summed E-state index contributed by atoms with van der Waals surface area (Å²) in [6.07, 6.45) is -0.728. The third kappa shape index (κ3) is 3.68. The van der Waals surface area contributed by atoms with Crippen LogP contribution in [0.4, 0.5) is 23.4 Å². The highest BCUT2D eigenvalue weighted by molar-refractivity contribution is 6.10. The van der Waals surface area contributed by atoms with Crippen LogP contribution in [0.25, 0.3) is 21.8 Å². The van der Waals surface area contributed by atoms with Gasteiger partial charge in [-0.3, -0.25) is 9.48 Å². The van der Waals surface area contributed by atoms with Crippen LogP contribution in [0.5, 0.6) is 0 Å². The van der Waals surface area contributed by atoms with Gasteiger partial charge in [-0.05, 0) is 37.5 Å². The molecule has 0 atom stereocenters. The van der Waals surface area contributed by atoms with E-state index in [2.05, 4.69) is 20.3 Å². The molecule has 1 aliphatic rings. The lowest BCUT2D eigenvalue weighted by atomic mass is 9.90. The number of hydrogen-bond acceptors (Lipinski definition) is 6. The molecular weight excluding hydrogens is 454 g/mol. The minimum Gasteiger partial charge on any atom is -0.382 e. The van der Waals surface area contributed by atoms with Crippen molar-refractivity contribution in [1.29, 1.82) is 0 Å². The highest BCUT2D eigenvalue weighted by Gasteiger charge is 2.34. The summed E-state index contributed by atoms with van der Waals surface area (Å²) in [6, 6.07) is 4.40. The van der Waals surface area contributed by atoms with Crippen LogP contribution in [0.3, 0.4) is 0 Å². The molecule has 176 valence electrons. The van der Waals surface area contributed by atoms with Crippen molar-refractivity contribution in [2.45, 2.75) is 38.0 Å². The van der Waals surface area contributed by atoms with Gasteiger partial charge in [0.1, 0.15) is 17.2 Å². The van der Waals surface area contributed by atoms with Crippen molar-refractivity contribution in [3.63, 3.8) is 0 Å². The predicted molar refractivity (Wildman–Crippen MR) is 115 cm³/mol. The van der Waals surface area contributed by atoms with E-state index in [1.807, 2.05) is 0 Å². The third-order valence-corrected chi connectivity index (χ3v) is 6.15. The second kappa shape index (κ2) is 7.89. The first-order valence-corrected chi connectivity index (χ1v) is 10.5. The Balaban J connectivity index is 1.53. The molecule has 0 aliphatic heterocycles. The number of aromatic nitrogens is 5. The maximum Gasteiger partial charge on any atom is 0.435 e. The number of carbonyl (C=O) groups excluding carboxylic acids is 1. The highest BCUT2D eigenvalue weighted by Crippen LogP contribution is 2.32. The zero-order valence-electron chi connectivity index (χ0n) is 18.0. The maximum absolute atomic E-state index is 15.1. The van der Waals surface area contributed by atoms with Crippen molar-refractivity contribution in [3.8, 4) is 0 Å². The minimum absolute atomic E-state index is 0.0889. The number of carbonyl (C=O) groups is 1. The molecule has 3 aromatic heterocycles. The summed E-state index contributed by atoms with van der Waals surface area (Å²) in [5.41, 5.74) is 5.74. The minimum atomic E-state index is -4.61. The Morgan fingerprint density at radius 3 is 2.59 bits per heavy atom. The molecule has 4 aromatic rings. The van der Waals surface area contributed by atoms with E-state index >= 15 is 4.39 Å². The number of nitrogens with zero attached hydrogens (tertiary/aromatic N) is 6. The summed E-state index contributed by atoms with van der Waals surface area (Å²) >= 11 is 0. The second-order valence-electron chi connectivity index (χ2n) is 8.30. The number of anilines is 1. The van der Waals surface area contributed by atoms with Crippen molar-refractivity contribution < 1.29 is 22.4 Å². The molecule has 1 amide bonds. The van der Waals surface area contributed by atoms with Crippen LogP contribution in [0, 0.1) is 5.82 Å². The van der Waals surface area contributed by atoms with Gasteiger partial charge in [-0.25, -0.2) is 9.37 Å². The molecule has 0 unspecified atom stereocenters. The lowest BCUT2D eigenvalue weighted by Crippen LogP contribution is -2.44.